The van der Waals surface area contributed by atoms with Crippen molar-refractivity contribution >= 4 is 0 Å². The number of fused-ring (bicyclic) bond motifs is 2. The highest BCUT2D eigenvalue weighted by molar-refractivity contribution is 5.32. The van der Waals surface area contributed by atoms with E-state index in [2.05, 4.69) is 21.3 Å². The monoisotopic (exact) mass is 336 g/mol. The van der Waals surface area contributed by atoms with Gasteiger partial charge in [-0.3, -0.25) is 0 Å². The largest absolute Gasteiger partial charge is 0.492 e. The van der Waals surface area contributed by atoms with Crippen LogP contribution >= 0.6 is 0 Å². The first-order valence-electron chi connectivity index (χ1n) is 9.14. The standard InChI is InChI=1S/C18H32N4O2/c1-4-17-16-18(5-1)24-15-13-22-9-3-7-20-11-10-19-6-2-8-21-12-14-23-17/h1,4-5,16,19-22H,2-3,6-15H2. The molecule has 6 heteroatoms. The number of hydrogen-bond acceptors (Lipinski definition) is 6. The van der Waals surface area contributed by atoms with Gasteiger partial charge in [-0.1, -0.05) is 6.07 Å². The highest BCUT2D eigenvalue weighted by Crippen LogP contribution is 2.19. The Labute approximate surface area is 145 Å². The number of ether oxygens (including phenoxy) is 2. The molecule has 4 N–H and O–H groups in total. The molecule has 1 aliphatic heterocycles. The summed E-state index contributed by atoms with van der Waals surface area (Å²) in [5, 5.41) is 13.7. The summed E-state index contributed by atoms with van der Waals surface area (Å²) in [5.74, 6) is 1.72. The molecule has 1 heterocycles. The molecule has 6 nitrogen and oxygen atoms in total. The van der Waals surface area contributed by atoms with Crippen molar-refractivity contribution in [3.8, 4) is 11.5 Å². The van der Waals surface area contributed by atoms with Gasteiger partial charge in [0.1, 0.15) is 24.7 Å². The fourth-order valence-corrected chi connectivity index (χ4v) is 2.49. The van der Waals surface area contributed by atoms with E-state index in [4.69, 9.17) is 9.47 Å². The average molecular weight is 336 g/mol. The summed E-state index contributed by atoms with van der Waals surface area (Å²) in [6, 6.07) is 7.86. The zero-order valence-corrected chi connectivity index (χ0v) is 14.6. The van der Waals surface area contributed by atoms with Crippen molar-refractivity contribution in [3.63, 3.8) is 0 Å². The first-order valence-corrected chi connectivity index (χ1v) is 9.14. The zero-order chi connectivity index (χ0) is 16.7. The van der Waals surface area contributed by atoms with Gasteiger partial charge in [-0.15, -0.1) is 0 Å². The van der Waals surface area contributed by atoms with Gasteiger partial charge in [0.25, 0.3) is 0 Å². The minimum Gasteiger partial charge on any atom is -0.492 e. The van der Waals surface area contributed by atoms with Crippen LogP contribution in [0.5, 0.6) is 11.5 Å². The fourth-order valence-electron chi connectivity index (χ4n) is 2.49. The minimum absolute atomic E-state index is 0.669. The molecule has 2 bridgehead atoms. The van der Waals surface area contributed by atoms with Crippen LogP contribution in [0.4, 0.5) is 0 Å². The molecule has 0 saturated carbocycles. The highest BCUT2D eigenvalue weighted by atomic mass is 16.5. The van der Waals surface area contributed by atoms with Crippen molar-refractivity contribution in [2.24, 2.45) is 0 Å². The summed E-state index contributed by atoms with van der Waals surface area (Å²) in [4.78, 5) is 0. The Balaban J connectivity index is 1.72. The van der Waals surface area contributed by atoms with E-state index in [0.29, 0.717) is 13.2 Å². The normalized spacial score (nSPS) is 20.2. The smallest absolute Gasteiger partial charge is 0.123 e. The zero-order valence-electron chi connectivity index (χ0n) is 14.6. The van der Waals surface area contributed by atoms with Gasteiger partial charge in [0.05, 0.1) is 0 Å². The molecular formula is C18H32N4O2. The molecule has 0 aromatic heterocycles. The maximum atomic E-state index is 5.76. The molecule has 1 aliphatic rings. The van der Waals surface area contributed by atoms with E-state index < -0.39 is 0 Å². The second-order valence-electron chi connectivity index (χ2n) is 5.88. The molecule has 0 spiro atoms. The Hall–Kier alpha value is -1.34. The van der Waals surface area contributed by atoms with Crippen LogP contribution in [0.1, 0.15) is 12.8 Å². The number of benzene rings is 1. The lowest BCUT2D eigenvalue weighted by molar-refractivity contribution is 0.299. The second kappa shape index (κ2) is 13.0. The van der Waals surface area contributed by atoms with Crippen LogP contribution in [0, 0.1) is 0 Å². The molecular weight excluding hydrogens is 304 g/mol. The number of rotatable bonds is 0. The lowest BCUT2D eigenvalue weighted by Crippen LogP contribution is -2.31. The topological polar surface area (TPSA) is 66.6 Å². The Morgan fingerprint density at radius 2 is 1.04 bits per heavy atom. The second-order valence-corrected chi connectivity index (χ2v) is 5.88. The summed E-state index contributed by atoms with van der Waals surface area (Å²) in [6.07, 6.45) is 2.26. The van der Waals surface area contributed by atoms with E-state index in [1.54, 1.807) is 0 Å². The Morgan fingerprint density at radius 1 is 0.583 bits per heavy atom. The highest BCUT2D eigenvalue weighted by Gasteiger charge is 1.99. The summed E-state index contributed by atoms with van der Waals surface area (Å²) >= 11 is 0. The number of nitrogens with one attached hydrogen (secondary N) is 4. The Morgan fingerprint density at radius 3 is 1.54 bits per heavy atom. The van der Waals surface area contributed by atoms with Crippen LogP contribution in [-0.4, -0.2) is 65.6 Å². The van der Waals surface area contributed by atoms with Crippen molar-refractivity contribution in [1.82, 2.24) is 21.3 Å². The van der Waals surface area contributed by atoms with Crippen molar-refractivity contribution in [2.45, 2.75) is 12.8 Å². The Kier molecular flexibility index (Phi) is 10.3. The predicted octanol–water partition coefficient (Wildman–Crippen LogP) is 0.596. The van der Waals surface area contributed by atoms with Gasteiger partial charge >= 0.3 is 0 Å². The molecule has 2 rings (SSSR count). The van der Waals surface area contributed by atoms with Crippen LogP contribution < -0.4 is 30.7 Å². The maximum absolute atomic E-state index is 5.76. The van der Waals surface area contributed by atoms with Gasteiger partial charge in [-0.2, -0.15) is 0 Å². The van der Waals surface area contributed by atoms with E-state index in [-0.39, 0.29) is 0 Å². The molecule has 0 amide bonds. The van der Waals surface area contributed by atoms with Crippen molar-refractivity contribution < 1.29 is 9.47 Å². The lowest BCUT2D eigenvalue weighted by atomic mass is 10.3. The molecule has 1 aromatic rings. The van der Waals surface area contributed by atoms with E-state index in [1.165, 1.54) is 0 Å². The van der Waals surface area contributed by atoms with E-state index in [1.807, 2.05) is 24.3 Å². The van der Waals surface area contributed by atoms with Crippen LogP contribution in [0.15, 0.2) is 24.3 Å². The van der Waals surface area contributed by atoms with Gasteiger partial charge < -0.3 is 30.7 Å². The molecule has 0 aliphatic carbocycles. The molecule has 0 unspecified atom stereocenters. The van der Waals surface area contributed by atoms with Gasteiger partial charge in [0, 0.05) is 32.2 Å². The molecule has 24 heavy (non-hydrogen) atoms. The third kappa shape index (κ3) is 9.08. The molecule has 0 saturated heterocycles. The molecule has 0 fully saturated rings. The average Bonchev–Trinajstić information content (AvgIpc) is 2.60. The van der Waals surface area contributed by atoms with Gasteiger partial charge in [0.15, 0.2) is 0 Å². The minimum atomic E-state index is 0.669. The van der Waals surface area contributed by atoms with Gasteiger partial charge in [0.2, 0.25) is 0 Å². The molecule has 136 valence electrons. The quantitative estimate of drug-likeness (QED) is 0.556. The third-order valence-corrected chi connectivity index (χ3v) is 3.79. The van der Waals surface area contributed by atoms with Crippen LogP contribution in [0.25, 0.3) is 0 Å². The van der Waals surface area contributed by atoms with Crippen LogP contribution in [-0.2, 0) is 0 Å². The SMILES string of the molecule is c1cc2cc(c1)OCCNCCCNCCNCCCNCCO2. The first-order chi connectivity index (χ1) is 11.9. The summed E-state index contributed by atoms with van der Waals surface area (Å²) in [6.45, 7) is 9.24. The maximum Gasteiger partial charge on any atom is 0.123 e. The van der Waals surface area contributed by atoms with E-state index >= 15 is 0 Å². The van der Waals surface area contributed by atoms with E-state index in [0.717, 1.165) is 76.7 Å². The van der Waals surface area contributed by atoms with Crippen molar-refractivity contribution in [1.29, 1.82) is 0 Å². The Bertz CT molecular complexity index is 396. The first kappa shape index (κ1) is 19.0. The molecule has 1 aromatic carbocycles. The van der Waals surface area contributed by atoms with Crippen LogP contribution in [0.2, 0.25) is 0 Å². The summed E-state index contributed by atoms with van der Waals surface area (Å²) in [7, 11) is 0. The third-order valence-electron chi connectivity index (χ3n) is 3.79. The fraction of sp³-hybridized carbons (Fsp3) is 0.667. The van der Waals surface area contributed by atoms with Gasteiger partial charge in [-0.05, 0) is 51.2 Å². The van der Waals surface area contributed by atoms with Crippen molar-refractivity contribution in [2.75, 3.05) is 65.6 Å². The lowest BCUT2D eigenvalue weighted by Gasteiger charge is -2.10. The summed E-state index contributed by atoms with van der Waals surface area (Å²) < 4.78 is 11.5. The number of hydrogen-bond donors (Lipinski definition) is 4. The van der Waals surface area contributed by atoms with Gasteiger partial charge in [-0.25, -0.2) is 0 Å². The predicted molar refractivity (Wildman–Crippen MR) is 98.1 cm³/mol. The van der Waals surface area contributed by atoms with Crippen molar-refractivity contribution in [3.05, 3.63) is 24.3 Å². The van der Waals surface area contributed by atoms with Crippen LogP contribution in [0.3, 0.4) is 0 Å². The molecule has 0 radical (unpaired) electrons. The summed E-state index contributed by atoms with van der Waals surface area (Å²) in [5.41, 5.74) is 0. The molecule has 0 atom stereocenters. The van der Waals surface area contributed by atoms with E-state index in [9.17, 15) is 0 Å².